The third kappa shape index (κ3) is 3.22. The first-order valence-electron chi connectivity index (χ1n) is 7.13. The first kappa shape index (κ1) is 13.6. The molecule has 4 N–H and O–H groups in total. The molecule has 1 aromatic heterocycles. The molecule has 6 heteroatoms. The molecular formula is C15H20N6. The van der Waals surface area contributed by atoms with Gasteiger partial charge in [-0.15, -0.1) is 0 Å². The third-order valence-electron chi connectivity index (χ3n) is 3.60. The van der Waals surface area contributed by atoms with E-state index in [0.29, 0.717) is 5.95 Å². The predicted molar refractivity (Wildman–Crippen MR) is 86.1 cm³/mol. The number of nitrogens with one attached hydrogen (secondary N) is 2. The van der Waals surface area contributed by atoms with Gasteiger partial charge >= 0.3 is 0 Å². The van der Waals surface area contributed by atoms with Crippen LogP contribution in [0.15, 0.2) is 36.5 Å². The van der Waals surface area contributed by atoms with Gasteiger partial charge in [0.1, 0.15) is 5.82 Å². The number of nitrogens with two attached hydrogens (primary N) is 1. The van der Waals surface area contributed by atoms with E-state index < -0.39 is 0 Å². The summed E-state index contributed by atoms with van der Waals surface area (Å²) in [6.07, 6.45) is 2.77. The summed E-state index contributed by atoms with van der Waals surface area (Å²) in [5, 5.41) is 6.23. The summed E-state index contributed by atoms with van der Waals surface area (Å²) in [6, 6.07) is 10.4. The van der Waals surface area contributed by atoms with Gasteiger partial charge in [-0.1, -0.05) is 6.07 Å². The van der Waals surface area contributed by atoms with Crippen molar-refractivity contribution in [1.82, 2.24) is 9.97 Å². The Bertz CT molecular complexity index is 615. The van der Waals surface area contributed by atoms with Gasteiger partial charge in [0, 0.05) is 43.8 Å². The van der Waals surface area contributed by atoms with Gasteiger partial charge in [-0.05, 0) is 30.7 Å². The monoisotopic (exact) mass is 284 g/mol. The average molecular weight is 284 g/mol. The van der Waals surface area contributed by atoms with Crippen molar-refractivity contribution < 1.29 is 0 Å². The Morgan fingerprint density at radius 1 is 1.33 bits per heavy atom. The van der Waals surface area contributed by atoms with Crippen molar-refractivity contribution >= 4 is 23.1 Å². The van der Waals surface area contributed by atoms with Gasteiger partial charge in [-0.3, -0.25) is 0 Å². The van der Waals surface area contributed by atoms with Crippen molar-refractivity contribution in [3.05, 3.63) is 36.5 Å². The van der Waals surface area contributed by atoms with E-state index in [1.807, 2.05) is 25.2 Å². The highest BCUT2D eigenvalue weighted by atomic mass is 15.2. The average Bonchev–Trinajstić information content (AvgIpc) is 2.94. The molecular weight excluding hydrogens is 264 g/mol. The zero-order valence-corrected chi connectivity index (χ0v) is 12.1. The van der Waals surface area contributed by atoms with Crippen LogP contribution in [0.25, 0.3) is 0 Å². The van der Waals surface area contributed by atoms with Crippen molar-refractivity contribution in [2.24, 2.45) is 5.73 Å². The first-order chi connectivity index (χ1) is 10.2. The van der Waals surface area contributed by atoms with Crippen LogP contribution in [0.2, 0.25) is 0 Å². The highest BCUT2D eigenvalue weighted by Crippen LogP contribution is 2.24. The van der Waals surface area contributed by atoms with Gasteiger partial charge in [-0.25, -0.2) is 4.98 Å². The van der Waals surface area contributed by atoms with E-state index in [-0.39, 0.29) is 6.04 Å². The molecule has 1 atom stereocenters. The van der Waals surface area contributed by atoms with Gasteiger partial charge < -0.3 is 21.3 Å². The fourth-order valence-electron chi connectivity index (χ4n) is 2.49. The van der Waals surface area contributed by atoms with E-state index in [0.717, 1.165) is 31.0 Å². The molecule has 6 nitrogen and oxygen atoms in total. The third-order valence-corrected chi connectivity index (χ3v) is 3.60. The summed E-state index contributed by atoms with van der Waals surface area (Å²) in [4.78, 5) is 10.9. The molecule has 3 rings (SSSR count). The highest BCUT2D eigenvalue weighted by molar-refractivity contribution is 5.63. The largest absolute Gasteiger partial charge is 0.373 e. The maximum absolute atomic E-state index is 5.97. The molecule has 110 valence electrons. The fourth-order valence-corrected chi connectivity index (χ4v) is 2.49. The molecule has 2 aromatic rings. The molecule has 0 aliphatic carbocycles. The summed E-state index contributed by atoms with van der Waals surface area (Å²) >= 11 is 0. The molecule has 0 bridgehead atoms. The standard InChI is InChI=1S/C15H20N6/c1-17-14-5-7-18-15(20-14)19-12-3-2-4-13(9-12)21-8-6-11(16)10-21/h2-5,7,9,11H,6,8,10,16H2,1H3,(H2,17,18,19,20). The Labute approximate surface area is 124 Å². The van der Waals surface area contributed by atoms with Crippen LogP contribution in [0.1, 0.15) is 6.42 Å². The molecule has 1 aromatic carbocycles. The molecule has 0 saturated carbocycles. The highest BCUT2D eigenvalue weighted by Gasteiger charge is 2.19. The van der Waals surface area contributed by atoms with Gasteiger partial charge in [0.05, 0.1) is 0 Å². The molecule has 2 heterocycles. The van der Waals surface area contributed by atoms with Crippen LogP contribution in [0, 0.1) is 0 Å². The van der Waals surface area contributed by atoms with Gasteiger partial charge in [0.2, 0.25) is 5.95 Å². The van der Waals surface area contributed by atoms with Gasteiger partial charge in [0.15, 0.2) is 0 Å². The van der Waals surface area contributed by atoms with Crippen LogP contribution in [0.5, 0.6) is 0 Å². The molecule has 21 heavy (non-hydrogen) atoms. The Hall–Kier alpha value is -2.34. The quantitative estimate of drug-likeness (QED) is 0.794. The number of benzene rings is 1. The van der Waals surface area contributed by atoms with Crippen LogP contribution in [-0.4, -0.2) is 36.1 Å². The minimum absolute atomic E-state index is 0.275. The van der Waals surface area contributed by atoms with E-state index in [2.05, 4.69) is 37.6 Å². The van der Waals surface area contributed by atoms with Crippen molar-refractivity contribution in [2.75, 3.05) is 35.7 Å². The lowest BCUT2D eigenvalue weighted by molar-refractivity contribution is 0.752. The summed E-state index contributed by atoms with van der Waals surface area (Å²) in [7, 11) is 1.84. The summed E-state index contributed by atoms with van der Waals surface area (Å²) < 4.78 is 0. The molecule has 1 fully saturated rings. The zero-order chi connectivity index (χ0) is 14.7. The lowest BCUT2D eigenvalue weighted by Crippen LogP contribution is -2.26. The van der Waals surface area contributed by atoms with Crippen molar-refractivity contribution in [3.8, 4) is 0 Å². The number of hydrogen-bond donors (Lipinski definition) is 3. The number of rotatable bonds is 4. The second-order valence-electron chi connectivity index (χ2n) is 5.19. The lowest BCUT2D eigenvalue weighted by atomic mass is 10.2. The predicted octanol–water partition coefficient (Wildman–Crippen LogP) is 1.80. The number of anilines is 4. The normalized spacial score (nSPS) is 17.8. The van der Waals surface area contributed by atoms with Crippen LogP contribution >= 0.6 is 0 Å². The Kier molecular flexibility index (Phi) is 3.87. The van der Waals surface area contributed by atoms with Gasteiger partial charge in [0.25, 0.3) is 0 Å². The van der Waals surface area contributed by atoms with Crippen molar-refractivity contribution in [3.63, 3.8) is 0 Å². The number of hydrogen-bond acceptors (Lipinski definition) is 6. The molecule has 1 aliphatic heterocycles. The maximum atomic E-state index is 5.97. The second kappa shape index (κ2) is 5.97. The van der Waals surface area contributed by atoms with E-state index in [9.17, 15) is 0 Å². The minimum atomic E-state index is 0.275. The smallest absolute Gasteiger partial charge is 0.229 e. The van der Waals surface area contributed by atoms with E-state index in [4.69, 9.17) is 5.73 Å². The summed E-state index contributed by atoms with van der Waals surface area (Å²) in [5.41, 5.74) is 8.12. The zero-order valence-electron chi connectivity index (χ0n) is 12.1. The van der Waals surface area contributed by atoms with Crippen LogP contribution in [-0.2, 0) is 0 Å². The number of nitrogens with zero attached hydrogens (tertiary/aromatic N) is 3. The van der Waals surface area contributed by atoms with Gasteiger partial charge in [-0.2, -0.15) is 4.98 Å². The Morgan fingerprint density at radius 2 is 2.24 bits per heavy atom. The molecule has 1 aliphatic rings. The minimum Gasteiger partial charge on any atom is -0.373 e. The topological polar surface area (TPSA) is 79.1 Å². The van der Waals surface area contributed by atoms with E-state index >= 15 is 0 Å². The lowest BCUT2D eigenvalue weighted by Gasteiger charge is -2.19. The first-order valence-corrected chi connectivity index (χ1v) is 7.13. The van der Waals surface area contributed by atoms with E-state index in [1.54, 1.807) is 6.20 Å². The summed E-state index contributed by atoms with van der Waals surface area (Å²) in [6.45, 7) is 1.92. The fraction of sp³-hybridized carbons (Fsp3) is 0.333. The van der Waals surface area contributed by atoms with Crippen molar-refractivity contribution in [2.45, 2.75) is 12.5 Å². The SMILES string of the molecule is CNc1ccnc(Nc2cccc(N3CCC(N)C3)c2)n1. The molecule has 1 saturated heterocycles. The number of aromatic nitrogens is 2. The summed E-state index contributed by atoms with van der Waals surface area (Å²) in [5.74, 6) is 1.37. The van der Waals surface area contributed by atoms with Crippen LogP contribution in [0.3, 0.4) is 0 Å². The Balaban J connectivity index is 1.76. The molecule has 1 unspecified atom stereocenters. The second-order valence-corrected chi connectivity index (χ2v) is 5.19. The molecule has 0 amide bonds. The molecule has 0 radical (unpaired) electrons. The van der Waals surface area contributed by atoms with Crippen LogP contribution in [0.4, 0.5) is 23.1 Å². The Morgan fingerprint density at radius 3 is 3.00 bits per heavy atom. The van der Waals surface area contributed by atoms with E-state index in [1.165, 1.54) is 5.69 Å². The molecule has 0 spiro atoms. The van der Waals surface area contributed by atoms with Crippen LogP contribution < -0.4 is 21.3 Å². The maximum Gasteiger partial charge on any atom is 0.229 e. The van der Waals surface area contributed by atoms with Crippen molar-refractivity contribution in [1.29, 1.82) is 0 Å².